The van der Waals surface area contributed by atoms with Crippen LogP contribution in [0.15, 0.2) is 22.7 Å². The fourth-order valence-corrected chi connectivity index (χ4v) is 2.35. The molecule has 2 rings (SSSR count). The van der Waals surface area contributed by atoms with E-state index in [0.717, 1.165) is 34.5 Å². The van der Waals surface area contributed by atoms with Crippen molar-refractivity contribution in [2.45, 2.75) is 33.2 Å². The number of nitrogens with zero attached hydrogens (tertiary/aromatic N) is 3. The molecule has 0 aliphatic heterocycles. The molecular weight excluding hydrogens is 297 g/mol. The minimum Gasteiger partial charge on any atom is -0.245 e. The lowest BCUT2D eigenvalue weighted by atomic mass is 10.2. The zero-order chi connectivity index (χ0) is 13.1. The average Bonchev–Trinajstić information content (AvgIpc) is 2.70. The summed E-state index contributed by atoms with van der Waals surface area (Å²) in [5, 5.41) is 4.42. The van der Waals surface area contributed by atoms with Crippen molar-refractivity contribution in [2.24, 2.45) is 0 Å². The minimum absolute atomic E-state index is 0.242. The third-order valence-electron chi connectivity index (χ3n) is 2.68. The summed E-state index contributed by atoms with van der Waals surface area (Å²) in [6.45, 7) is 4.62. The Bertz CT molecular complexity index is 531. The first-order valence-electron chi connectivity index (χ1n) is 6.00. The topological polar surface area (TPSA) is 30.7 Å². The standard InChI is InChI=1S/C13H15BrFN3/c1-3-12-16-13(4-2)18(17-12)8-9-5-10(14)7-11(15)6-9/h5-7H,3-4,8H2,1-2H3. The molecule has 1 heterocycles. The number of hydrogen-bond acceptors (Lipinski definition) is 2. The molecule has 0 aliphatic carbocycles. The van der Waals surface area contributed by atoms with Gasteiger partial charge in [0.2, 0.25) is 0 Å². The molecular formula is C13H15BrFN3. The van der Waals surface area contributed by atoms with Gasteiger partial charge in [-0.25, -0.2) is 14.1 Å². The molecule has 0 aliphatic rings. The van der Waals surface area contributed by atoms with Crippen LogP contribution in [-0.2, 0) is 19.4 Å². The average molecular weight is 312 g/mol. The van der Waals surface area contributed by atoms with E-state index in [2.05, 4.69) is 26.0 Å². The van der Waals surface area contributed by atoms with Crippen molar-refractivity contribution >= 4 is 15.9 Å². The second-order valence-electron chi connectivity index (χ2n) is 4.09. The van der Waals surface area contributed by atoms with E-state index in [1.54, 1.807) is 0 Å². The lowest BCUT2D eigenvalue weighted by Gasteiger charge is -2.05. The van der Waals surface area contributed by atoms with Crippen molar-refractivity contribution in [2.75, 3.05) is 0 Å². The molecule has 0 N–H and O–H groups in total. The number of aryl methyl sites for hydroxylation is 2. The Balaban J connectivity index is 2.29. The van der Waals surface area contributed by atoms with Crippen LogP contribution in [0.5, 0.6) is 0 Å². The van der Waals surface area contributed by atoms with Gasteiger partial charge < -0.3 is 0 Å². The Morgan fingerprint density at radius 3 is 2.61 bits per heavy atom. The van der Waals surface area contributed by atoms with Gasteiger partial charge in [0.15, 0.2) is 5.82 Å². The third-order valence-corrected chi connectivity index (χ3v) is 3.14. The van der Waals surface area contributed by atoms with Gasteiger partial charge in [-0.05, 0) is 23.8 Å². The zero-order valence-corrected chi connectivity index (χ0v) is 12.0. The Morgan fingerprint density at radius 2 is 2.00 bits per heavy atom. The molecule has 18 heavy (non-hydrogen) atoms. The highest BCUT2D eigenvalue weighted by molar-refractivity contribution is 9.10. The van der Waals surface area contributed by atoms with Crippen molar-refractivity contribution in [3.8, 4) is 0 Å². The SMILES string of the molecule is CCc1nc(CC)n(Cc2cc(F)cc(Br)c2)n1. The maximum absolute atomic E-state index is 13.3. The summed E-state index contributed by atoms with van der Waals surface area (Å²) in [7, 11) is 0. The van der Waals surface area contributed by atoms with Gasteiger partial charge in [-0.15, -0.1) is 0 Å². The molecule has 0 unspecified atom stereocenters. The van der Waals surface area contributed by atoms with E-state index < -0.39 is 0 Å². The monoisotopic (exact) mass is 311 g/mol. The summed E-state index contributed by atoms with van der Waals surface area (Å²) in [4.78, 5) is 4.43. The van der Waals surface area contributed by atoms with Crippen molar-refractivity contribution in [3.63, 3.8) is 0 Å². The largest absolute Gasteiger partial charge is 0.245 e. The smallest absolute Gasteiger partial charge is 0.150 e. The highest BCUT2D eigenvalue weighted by Crippen LogP contribution is 2.16. The number of rotatable bonds is 4. The fourth-order valence-electron chi connectivity index (χ4n) is 1.84. The van der Waals surface area contributed by atoms with Gasteiger partial charge in [-0.3, -0.25) is 0 Å². The van der Waals surface area contributed by atoms with E-state index in [1.807, 2.05) is 24.6 Å². The first kappa shape index (κ1) is 13.2. The van der Waals surface area contributed by atoms with Crippen LogP contribution in [-0.4, -0.2) is 14.8 Å². The molecule has 0 atom stereocenters. The lowest BCUT2D eigenvalue weighted by molar-refractivity contribution is 0.609. The molecule has 1 aromatic carbocycles. The van der Waals surface area contributed by atoms with Crippen molar-refractivity contribution in [1.82, 2.24) is 14.8 Å². The first-order valence-corrected chi connectivity index (χ1v) is 6.79. The molecule has 2 aromatic rings. The number of hydrogen-bond donors (Lipinski definition) is 0. The lowest BCUT2D eigenvalue weighted by Crippen LogP contribution is -2.06. The normalized spacial score (nSPS) is 10.9. The van der Waals surface area contributed by atoms with Crippen LogP contribution < -0.4 is 0 Å². The van der Waals surface area contributed by atoms with Gasteiger partial charge in [0.05, 0.1) is 6.54 Å². The van der Waals surface area contributed by atoms with Crippen molar-refractivity contribution in [1.29, 1.82) is 0 Å². The Morgan fingerprint density at radius 1 is 1.22 bits per heavy atom. The van der Waals surface area contributed by atoms with Gasteiger partial charge in [-0.2, -0.15) is 5.10 Å². The summed E-state index contributed by atoms with van der Waals surface area (Å²) in [5.74, 6) is 1.53. The van der Waals surface area contributed by atoms with Crippen molar-refractivity contribution < 1.29 is 4.39 Å². The van der Waals surface area contributed by atoms with E-state index in [-0.39, 0.29) is 5.82 Å². The Labute approximate surface area is 114 Å². The van der Waals surface area contributed by atoms with E-state index >= 15 is 0 Å². The molecule has 0 radical (unpaired) electrons. The number of aromatic nitrogens is 3. The predicted octanol–water partition coefficient (Wildman–Crippen LogP) is 3.35. The van der Waals surface area contributed by atoms with Gasteiger partial charge in [0.25, 0.3) is 0 Å². The molecule has 0 fully saturated rings. The van der Waals surface area contributed by atoms with Crippen molar-refractivity contribution in [3.05, 3.63) is 45.7 Å². The van der Waals surface area contributed by atoms with Crippen LogP contribution >= 0.6 is 15.9 Å². The number of benzene rings is 1. The Kier molecular flexibility index (Phi) is 4.11. The summed E-state index contributed by atoms with van der Waals surface area (Å²) in [5.41, 5.74) is 0.879. The van der Waals surface area contributed by atoms with E-state index in [0.29, 0.717) is 6.54 Å². The minimum atomic E-state index is -0.242. The highest BCUT2D eigenvalue weighted by atomic mass is 79.9. The second kappa shape index (κ2) is 5.61. The molecule has 0 saturated heterocycles. The van der Waals surface area contributed by atoms with E-state index in [9.17, 15) is 4.39 Å². The van der Waals surface area contributed by atoms with Crippen LogP contribution in [0.3, 0.4) is 0 Å². The fraction of sp³-hybridized carbons (Fsp3) is 0.385. The van der Waals surface area contributed by atoms with Crippen LogP contribution in [0.25, 0.3) is 0 Å². The molecule has 96 valence electrons. The summed E-state index contributed by atoms with van der Waals surface area (Å²) in [6, 6.07) is 4.87. The first-order chi connectivity index (χ1) is 8.62. The summed E-state index contributed by atoms with van der Waals surface area (Å²) >= 11 is 3.30. The molecule has 5 heteroatoms. The van der Waals surface area contributed by atoms with Gasteiger partial charge in [-0.1, -0.05) is 29.8 Å². The summed E-state index contributed by atoms with van der Waals surface area (Å²) < 4.78 is 15.9. The van der Waals surface area contributed by atoms with Crippen LogP contribution in [0, 0.1) is 5.82 Å². The number of halogens is 2. The third kappa shape index (κ3) is 2.96. The van der Waals surface area contributed by atoms with Gasteiger partial charge >= 0.3 is 0 Å². The zero-order valence-electron chi connectivity index (χ0n) is 10.5. The molecule has 0 bridgehead atoms. The van der Waals surface area contributed by atoms with E-state index in [1.165, 1.54) is 12.1 Å². The molecule has 1 aromatic heterocycles. The van der Waals surface area contributed by atoms with Crippen LogP contribution in [0.2, 0.25) is 0 Å². The van der Waals surface area contributed by atoms with Gasteiger partial charge in [0.1, 0.15) is 11.6 Å². The molecule has 0 amide bonds. The highest BCUT2D eigenvalue weighted by Gasteiger charge is 2.08. The molecule has 0 saturated carbocycles. The van der Waals surface area contributed by atoms with E-state index in [4.69, 9.17) is 0 Å². The predicted molar refractivity (Wildman–Crippen MR) is 72.0 cm³/mol. The second-order valence-corrected chi connectivity index (χ2v) is 5.00. The quantitative estimate of drug-likeness (QED) is 0.867. The van der Waals surface area contributed by atoms with Crippen LogP contribution in [0.4, 0.5) is 4.39 Å². The molecule has 0 spiro atoms. The maximum Gasteiger partial charge on any atom is 0.150 e. The van der Waals surface area contributed by atoms with Gasteiger partial charge in [0, 0.05) is 17.3 Å². The maximum atomic E-state index is 13.3. The van der Waals surface area contributed by atoms with Crippen LogP contribution in [0.1, 0.15) is 31.1 Å². The summed E-state index contributed by atoms with van der Waals surface area (Å²) in [6.07, 6.45) is 1.64. The Hall–Kier alpha value is -1.23. The molecule has 3 nitrogen and oxygen atoms in total.